The molecule has 1 rings (SSSR count). The maximum absolute atomic E-state index is 8.76. The summed E-state index contributed by atoms with van der Waals surface area (Å²) in [6, 6.07) is 0. The Bertz CT molecular complexity index is 128. The van der Waals surface area contributed by atoms with Crippen molar-refractivity contribution < 1.29 is 10.4 Å². The van der Waals surface area contributed by atoms with Crippen molar-refractivity contribution in [2.24, 2.45) is 0 Å². The van der Waals surface area contributed by atoms with E-state index in [1.807, 2.05) is 0 Å². The fourth-order valence-corrected chi connectivity index (χ4v) is 0.541. The normalized spacial score (nSPS) is 18.4. The first-order valence-electron chi connectivity index (χ1n) is 2.55. The Hall–Kier alpha value is -1.00. The van der Waals surface area contributed by atoms with Gasteiger partial charge < -0.3 is 0 Å². The van der Waals surface area contributed by atoms with Crippen LogP contribution in [-0.4, -0.2) is 27.2 Å². The zero-order valence-corrected chi connectivity index (χ0v) is 4.81. The molecule has 0 aliphatic carbocycles. The minimum atomic E-state index is 0.0764. The van der Waals surface area contributed by atoms with Gasteiger partial charge in [0.1, 0.15) is 6.67 Å². The number of nitrogens with zero attached hydrogens (tertiary/aromatic N) is 2. The molecule has 0 aromatic heterocycles. The molecule has 0 aromatic carbocycles. The standard InChI is InChI=1S/C5H8N2O2/c8-6-3-1-2-4-7(9)5-6/h1-4,8-9H,5H2. The molecule has 0 radical (unpaired) electrons. The van der Waals surface area contributed by atoms with E-state index in [1.165, 1.54) is 12.4 Å². The Morgan fingerprint density at radius 3 is 1.89 bits per heavy atom. The molecule has 4 heteroatoms. The summed E-state index contributed by atoms with van der Waals surface area (Å²) in [5.41, 5.74) is 0. The first-order valence-corrected chi connectivity index (χ1v) is 2.55. The summed E-state index contributed by atoms with van der Waals surface area (Å²) < 4.78 is 0. The predicted molar refractivity (Wildman–Crippen MR) is 30.4 cm³/mol. The van der Waals surface area contributed by atoms with Gasteiger partial charge in [0.05, 0.1) is 0 Å². The maximum Gasteiger partial charge on any atom is 0.140 e. The summed E-state index contributed by atoms with van der Waals surface area (Å²) >= 11 is 0. The molecule has 2 N–H and O–H groups in total. The Morgan fingerprint density at radius 1 is 1.00 bits per heavy atom. The van der Waals surface area contributed by atoms with Gasteiger partial charge in [0.25, 0.3) is 0 Å². The van der Waals surface area contributed by atoms with Crippen LogP contribution >= 0.6 is 0 Å². The fourth-order valence-electron chi connectivity index (χ4n) is 0.541. The molecule has 0 spiro atoms. The number of hydroxylamine groups is 4. The van der Waals surface area contributed by atoms with E-state index < -0.39 is 0 Å². The molecular weight excluding hydrogens is 120 g/mol. The summed E-state index contributed by atoms with van der Waals surface area (Å²) in [5.74, 6) is 0. The van der Waals surface area contributed by atoms with E-state index >= 15 is 0 Å². The largest absolute Gasteiger partial charge is 0.287 e. The summed E-state index contributed by atoms with van der Waals surface area (Å²) in [6.45, 7) is 0.0764. The van der Waals surface area contributed by atoms with Crippen LogP contribution in [0.2, 0.25) is 0 Å². The van der Waals surface area contributed by atoms with Crippen LogP contribution in [0.15, 0.2) is 24.6 Å². The van der Waals surface area contributed by atoms with Gasteiger partial charge in [0.2, 0.25) is 0 Å². The Morgan fingerprint density at radius 2 is 1.44 bits per heavy atom. The Balaban J connectivity index is 2.54. The van der Waals surface area contributed by atoms with E-state index in [9.17, 15) is 0 Å². The molecule has 50 valence electrons. The molecule has 1 heterocycles. The zero-order chi connectivity index (χ0) is 6.69. The second-order valence-corrected chi connectivity index (χ2v) is 1.70. The lowest BCUT2D eigenvalue weighted by Gasteiger charge is -2.15. The van der Waals surface area contributed by atoms with Gasteiger partial charge in [-0.05, 0) is 12.2 Å². The van der Waals surface area contributed by atoms with Gasteiger partial charge in [0, 0.05) is 12.4 Å². The van der Waals surface area contributed by atoms with Crippen LogP contribution in [0.4, 0.5) is 0 Å². The van der Waals surface area contributed by atoms with Crippen molar-refractivity contribution in [1.29, 1.82) is 0 Å². The SMILES string of the molecule is ON1C=CC=CN(O)C1. The van der Waals surface area contributed by atoms with Crippen LogP contribution in [0.1, 0.15) is 0 Å². The Kier molecular flexibility index (Phi) is 1.72. The molecule has 0 fully saturated rings. The summed E-state index contributed by atoms with van der Waals surface area (Å²) in [7, 11) is 0. The van der Waals surface area contributed by atoms with Crippen molar-refractivity contribution >= 4 is 0 Å². The fraction of sp³-hybridized carbons (Fsp3) is 0.200. The molecule has 0 saturated carbocycles. The van der Waals surface area contributed by atoms with Crippen molar-refractivity contribution in [2.75, 3.05) is 6.67 Å². The van der Waals surface area contributed by atoms with Crippen molar-refractivity contribution in [3.05, 3.63) is 24.6 Å². The lowest BCUT2D eigenvalue weighted by atomic mass is 10.6. The van der Waals surface area contributed by atoms with E-state index in [4.69, 9.17) is 10.4 Å². The number of hydrogen-bond acceptors (Lipinski definition) is 4. The van der Waals surface area contributed by atoms with E-state index in [-0.39, 0.29) is 6.67 Å². The second-order valence-electron chi connectivity index (χ2n) is 1.70. The molecule has 0 saturated heterocycles. The summed E-state index contributed by atoms with van der Waals surface area (Å²) in [4.78, 5) is 0. The quantitative estimate of drug-likeness (QED) is 0.494. The van der Waals surface area contributed by atoms with Gasteiger partial charge in [-0.3, -0.25) is 10.4 Å². The number of rotatable bonds is 0. The van der Waals surface area contributed by atoms with Crippen LogP contribution in [0, 0.1) is 0 Å². The summed E-state index contributed by atoms with van der Waals surface area (Å²) in [5, 5.41) is 19.3. The molecule has 0 amide bonds. The van der Waals surface area contributed by atoms with Crippen molar-refractivity contribution in [2.45, 2.75) is 0 Å². The third-order valence-corrected chi connectivity index (χ3v) is 0.917. The lowest BCUT2D eigenvalue weighted by molar-refractivity contribution is -0.152. The minimum absolute atomic E-state index is 0.0764. The highest BCUT2D eigenvalue weighted by molar-refractivity contribution is 5.01. The first-order chi connectivity index (χ1) is 4.29. The van der Waals surface area contributed by atoms with E-state index in [1.54, 1.807) is 12.2 Å². The third-order valence-electron chi connectivity index (χ3n) is 0.917. The van der Waals surface area contributed by atoms with Crippen LogP contribution in [-0.2, 0) is 0 Å². The van der Waals surface area contributed by atoms with Crippen molar-refractivity contribution in [3.63, 3.8) is 0 Å². The van der Waals surface area contributed by atoms with E-state index in [0.29, 0.717) is 0 Å². The zero-order valence-electron chi connectivity index (χ0n) is 4.81. The highest BCUT2D eigenvalue weighted by atomic mass is 16.5. The number of hydrogen-bond donors (Lipinski definition) is 2. The van der Waals surface area contributed by atoms with Crippen LogP contribution < -0.4 is 0 Å². The molecule has 9 heavy (non-hydrogen) atoms. The van der Waals surface area contributed by atoms with Gasteiger partial charge in [0.15, 0.2) is 0 Å². The smallest absolute Gasteiger partial charge is 0.140 e. The monoisotopic (exact) mass is 128 g/mol. The van der Waals surface area contributed by atoms with Crippen LogP contribution in [0.25, 0.3) is 0 Å². The van der Waals surface area contributed by atoms with E-state index in [0.717, 1.165) is 10.1 Å². The van der Waals surface area contributed by atoms with Gasteiger partial charge in [-0.2, -0.15) is 0 Å². The average Bonchev–Trinajstić information content (AvgIpc) is 1.93. The topological polar surface area (TPSA) is 46.9 Å². The van der Waals surface area contributed by atoms with Gasteiger partial charge in [-0.1, -0.05) is 0 Å². The molecule has 0 aromatic rings. The van der Waals surface area contributed by atoms with Crippen molar-refractivity contribution in [1.82, 2.24) is 10.1 Å². The Labute approximate surface area is 52.8 Å². The van der Waals surface area contributed by atoms with E-state index in [2.05, 4.69) is 0 Å². The van der Waals surface area contributed by atoms with Gasteiger partial charge in [-0.15, -0.1) is 0 Å². The summed E-state index contributed by atoms with van der Waals surface area (Å²) in [6.07, 6.45) is 6.14. The second kappa shape index (κ2) is 2.52. The third kappa shape index (κ3) is 1.75. The molecule has 1 aliphatic rings. The number of allylic oxidation sites excluding steroid dienone is 2. The lowest BCUT2D eigenvalue weighted by Crippen LogP contribution is -2.25. The van der Waals surface area contributed by atoms with Crippen LogP contribution in [0.3, 0.4) is 0 Å². The molecule has 1 aliphatic heterocycles. The van der Waals surface area contributed by atoms with Gasteiger partial charge >= 0.3 is 0 Å². The molecule has 0 unspecified atom stereocenters. The highest BCUT2D eigenvalue weighted by Crippen LogP contribution is 1.94. The maximum atomic E-state index is 8.76. The molecule has 0 bridgehead atoms. The highest BCUT2D eigenvalue weighted by Gasteiger charge is 1.98. The first kappa shape index (κ1) is 6.12. The van der Waals surface area contributed by atoms with Gasteiger partial charge in [-0.25, -0.2) is 10.1 Å². The average molecular weight is 128 g/mol. The van der Waals surface area contributed by atoms with Crippen molar-refractivity contribution in [3.8, 4) is 0 Å². The predicted octanol–water partition coefficient (Wildman–Crippen LogP) is 0.367. The molecule has 4 nitrogen and oxygen atoms in total. The minimum Gasteiger partial charge on any atom is -0.287 e. The molecular formula is C5H8N2O2. The van der Waals surface area contributed by atoms with Crippen LogP contribution in [0.5, 0.6) is 0 Å². The molecule has 0 atom stereocenters.